The maximum absolute atomic E-state index is 11.4. The summed E-state index contributed by atoms with van der Waals surface area (Å²) in [7, 11) is 4.77. The molecule has 98 valence electrons. The molecule has 1 atom stereocenters. The molecular formula is C10H18N2O5. The Kier molecular flexibility index (Phi) is 6.88. The van der Waals surface area contributed by atoms with Crippen molar-refractivity contribution in [2.75, 3.05) is 27.7 Å². The molecule has 2 N–H and O–H groups in total. The van der Waals surface area contributed by atoms with Gasteiger partial charge >= 0.3 is 11.9 Å². The van der Waals surface area contributed by atoms with Crippen LogP contribution in [0, 0.1) is 0 Å². The third-order valence-electron chi connectivity index (χ3n) is 2.02. The summed E-state index contributed by atoms with van der Waals surface area (Å²) < 4.78 is 4.35. The third-order valence-corrected chi connectivity index (χ3v) is 2.02. The Morgan fingerprint density at radius 1 is 1.35 bits per heavy atom. The highest BCUT2D eigenvalue weighted by Gasteiger charge is 2.23. The van der Waals surface area contributed by atoms with Crippen molar-refractivity contribution in [2.24, 2.45) is 0 Å². The van der Waals surface area contributed by atoms with Crippen LogP contribution in [0.1, 0.15) is 12.8 Å². The van der Waals surface area contributed by atoms with Crippen LogP contribution < -0.4 is 5.32 Å². The van der Waals surface area contributed by atoms with Gasteiger partial charge in [-0.2, -0.15) is 0 Å². The quantitative estimate of drug-likeness (QED) is 0.563. The lowest BCUT2D eigenvalue weighted by atomic mass is 10.2. The molecule has 0 aromatic heterocycles. The largest absolute Gasteiger partial charge is 0.480 e. The van der Waals surface area contributed by atoms with E-state index in [1.165, 1.54) is 0 Å². The number of rotatable bonds is 7. The number of carbonyl (C=O) groups is 3. The number of esters is 1. The molecule has 0 radical (unpaired) electrons. The average Bonchev–Trinajstić information content (AvgIpc) is 2.25. The fourth-order valence-electron chi connectivity index (χ4n) is 1.04. The van der Waals surface area contributed by atoms with Gasteiger partial charge in [-0.1, -0.05) is 0 Å². The number of hydrogen-bond donors (Lipinski definition) is 2. The summed E-state index contributed by atoms with van der Waals surface area (Å²) in [5, 5.41) is 11.1. The zero-order chi connectivity index (χ0) is 13.4. The average molecular weight is 246 g/mol. The summed E-state index contributed by atoms with van der Waals surface area (Å²) in [5.74, 6) is -2.34. The smallest absolute Gasteiger partial charge is 0.326 e. The molecule has 0 saturated heterocycles. The van der Waals surface area contributed by atoms with Crippen LogP contribution in [0.4, 0.5) is 0 Å². The van der Waals surface area contributed by atoms with Crippen molar-refractivity contribution in [3.05, 3.63) is 0 Å². The highest BCUT2D eigenvalue weighted by atomic mass is 16.5. The van der Waals surface area contributed by atoms with Crippen LogP contribution in [-0.4, -0.2) is 61.6 Å². The Morgan fingerprint density at radius 3 is 2.35 bits per heavy atom. The summed E-state index contributed by atoms with van der Waals surface area (Å²) in [6.45, 7) is 0.510. The first-order valence-corrected chi connectivity index (χ1v) is 5.10. The molecule has 0 aliphatic heterocycles. The first-order chi connectivity index (χ1) is 7.86. The minimum absolute atomic E-state index is 0.179. The molecule has 0 heterocycles. The summed E-state index contributed by atoms with van der Waals surface area (Å²) in [5.41, 5.74) is 0. The molecule has 0 aliphatic rings. The SMILES string of the molecule is COC(=O)C[C@H](NC(=O)CCN(C)C)C(=O)O. The van der Waals surface area contributed by atoms with E-state index in [9.17, 15) is 14.4 Å². The van der Waals surface area contributed by atoms with Crippen molar-refractivity contribution in [1.82, 2.24) is 10.2 Å². The zero-order valence-corrected chi connectivity index (χ0v) is 10.2. The summed E-state index contributed by atoms with van der Waals surface area (Å²) in [6.07, 6.45) is -0.197. The molecule has 17 heavy (non-hydrogen) atoms. The van der Waals surface area contributed by atoms with E-state index in [1.807, 2.05) is 0 Å². The van der Waals surface area contributed by atoms with Crippen molar-refractivity contribution in [2.45, 2.75) is 18.9 Å². The second-order valence-corrected chi connectivity index (χ2v) is 3.79. The highest BCUT2D eigenvalue weighted by molar-refractivity contribution is 5.87. The first-order valence-electron chi connectivity index (χ1n) is 5.10. The van der Waals surface area contributed by atoms with Gasteiger partial charge < -0.3 is 20.1 Å². The van der Waals surface area contributed by atoms with Gasteiger partial charge in [-0.25, -0.2) is 4.79 Å². The Labute approximate surface area is 99.7 Å². The third kappa shape index (κ3) is 7.29. The molecule has 0 unspecified atom stereocenters. The molecule has 0 bridgehead atoms. The monoisotopic (exact) mass is 246 g/mol. The van der Waals surface area contributed by atoms with Gasteiger partial charge in [-0.3, -0.25) is 9.59 Å². The minimum atomic E-state index is -1.26. The fraction of sp³-hybridized carbons (Fsp3) is 0.700. The van der Waals surface area contributed by atoms with Gasteiger partial charge in [0.2, 0.25) is 5.91 Å². The number of hydrogen-bond acceptors (Lipinski definition) is 5. The van der Waals surface area contributed by atoms with Gasteiger partial charge in [0.1, 0.15) is 6.04 Å². The number of aliphatic carboxylic acids is 1. The highest BCUT2D eigenvalue weighted by Crippen LogP contribution is 1.96. The van der Waals surface area contributed by atoms with Crippen molar-refractivity contribution >= 4 is 17.8 Å². The first kappa shape index (κ1) is 15.4. The van der Waals surface area contributed by atoms with E-state index < -0.39 is 23.9 Å². The van der Waals surface area contributed by atoms with Crippen molar-refractivity contribution in [3.8, 4) is 0 Å². The number of ether oxygens (including phenoxy) is 1. The molecule has 0 aromatic rings. The number of amides is 1. The molecule has 0 aromatic carbocycles. The second-order valence-electron chi connectivity index (χ2n) is 3.79. The fourth-order valence-corrected chi connectivity index (χ4v) is 1.04. The Hall–Kier alpha value is -1.63. The number of nitrogens with one attached hydrogen (secondary N) is 1. The van der Waals surface area contributed by atoms with Crippen LogP contribution in [0.3, 0.4) is 0 Å². The van der Waals surface area contributed by atoms with Crippen molar-refractivity contribution in [1.29, 1.82) is 0 Å². The van der Waals surface area contributed by atoms with E-state index >= 15 is 0 Å². The second kappa shape index (κ2) is 7.61. The van der Waals surface area contributed by atoms with Gasteiger partial charge in [0.25, 0.3) is 0 Å². The topological polar surface area (TPSA) is 95.9 Å². The molecule has 0 fully saturated rings. The van der Waals surface area contributed by atoms with Crippen LogP contribution in [0.2, 0.25) is 0 Å². The molecule has 7 nitrogen and oxygen atoms in total. The number of carboxylic acid groups (broad SMARTS) is 1. The van der Waals surface area contributed by atoms with Gasteiger partial charge in [-0.05, 0) is 14.1 Å². The molecule has 0 spiro atoms. The molecule has 0 rings (SSSR count). The van der Waals surface area contributed by atoms with Crippen LogP contribution in [0.5, 0.6) is 0 Å². The lowest BCUT2D eigenvalue weighted by molar-refractivity contribution is -0.148. The van der Waals surface area contributed by atoms with Gasteiger partial charge in [0.15, 0.2) is 0 Å². The van der Waals surface area contributed by atoms with E-state index in [-0.39, 0.29) is 12.8 Å². The number of carboxylic acids is 1. The zero-order valence-electron chi connectivity index (χ0n) is 10.2. The Bertz CT molecular complexity index is 290. The predicted molar refractivity (Wildman–Crippen MR) is 59.4 cm³/mol. The van der Waals surface area contributed by atoms with E-state index in [0.29, 0.717) is 6.54 Å². The van der Waals surface area contributed by atoms with Crippen LogP contribution in [-0.2, 0) is 19.1 Å². The van der Waals surface area contributed by atoms with E-state index in [0.717, 1.165) is 7.11 Å². The Balaban J connectivity index is 4.20. The van der Waals surface area contributed by atoms with Crippen molar-refractivity contribution in [3.63, 3.8) is 0 Å². The van der Waals surface area contributed by atoms with Crippen LogP contribution in [0.15, 0.2) is 0 Å². The number of methoxy groups -OCH3 is 1. The van der Waals surface area contributed by atoms with E-state index in [4.69, 9.17) is 5.11 Å². The maximum Gasteiger partial charge on any atom is 0.326 e. The van der Waals surface area contributed by atoms with E-state index in [1.54, 1.807) is 19.0 Å². The molecule has 1 amide bonds. The van der Waals surface area contributed by atoms with Crippen LogP contribution >= 0.6 is 0 Å². The standard InChI is InChI=1S/C10H18N2O5/c1-12(2)5-4-8(13)11-7(10(15)16)6-9(14)17-3/h7H,4-6H2,1-3H3,(H,11,13)(H,15,16)/t7-/m0/s1. The lowest BCUT2D eigenvalue weighted by Gasteiger charge is -2.14. The van der Waals surface area contributed by atoms with Crippen LogP contribution in [0.25, 0.3) is 0 Å². The molecular weight excluding hydrogens is 228 g/mol. The van der Waals surface area contributed by atoms with Gasteiger partial charge in [0, 0.05) is 13.0 Å². The van der Waals surface area contributed by atoms with E-state index in [2.05, 4.69) is 10.1 Å². The molecule has 7 heteroatoms. The summed E-state index contributed by atoms with van der Waals surface area (Å²) >= 11 is 0. The van der Waals surface area contributed by atoms with Crippen molar-refractivity contribution < 1.29 is 24.2 Å². The van der Waals surface area contributed by atoms with Gasteiger partial charge in [0.05, 0.1) is 13.5 Å². The normalized spacial score (nSPS) is 12.0. The molecule has 0 saturated carbocycles. The lowest BCUT2D eigenvalue weighted by Crippen LogP contribution is -2.43. The number of carbonyl (C=O) groups excluding carboxylic acids is 2. The van der Waals surface area contributed by atoms with Gasteiger partial charge in [-0.15, -0.1) is 0 Å². The number of nitrogens with zero attached hydrogens (tertiary/aromatic N) is 1. The minimum Gasteiger partial charge on any atom is -0.480 e. The summed E-state index contributed by atoms with van der Waals surface area (Å²) in [6, 6.07) is -1.24. The molecule has 0 aliphatic carbocycles. The summed E-state index contributed by atoms with van der Waals surface area (Å²) in [4.78, 5) is 34.9. The Morgan fingerprint density at radius 2 is 1.94 bits per heavy atom. The maximum atomic E-state index is 11.4. The predicted octanol–water partition coefficient (Wildman–Crippen LogP) is -0.929.